The molecule has 0 atom stereocenters. The molecule has 0 radical (unpaired) electrons. The summed E-state index contributed by atoms with van der Waals surface area (Å²) in [6, 6.07) is 64.3. The van der Waals surface area contributed by atoms with Crippen LogP contribution in [-0.4, -0.2) is 29.1 Å². The van der Waals surface area contributed by atoms with E-state index in [4.69, 9.17) is 19.9 Å². The Bertz CT molecular complexity index is 3550. The van der Waals surface area contributed by atoms with Gasteiger partial charge in [0, 0.05) is 49.5 Å². The van der Waals surface area contributed by atoms with Gasteiger partial charge in [-0.3, -0.25) is 4.57 Å². The van der Waals surface area contributed by atoms with Crippen molar-refractivity contribution >= 4 is 43.6 Å². The standard InChI is InChI=1S/C58H48N6/c1-57(2,3)41-28-32-50-46(35-41)44-30-31-45-47-36-42(58(4,5)6)29-33-51(47)64(53(45)52(44)63(50)43-24-14-9-15-25-43)56-61-54(38-20-12-8-13-21-38)60-55(62-56)40-23-16-22-39(34-40)49-27-17-26-48(59-49)37-18-10-7-11-19-37/h7-36H,1-6H3. The molecule has 0 fully saturated rings. The predicted octanol–water partition coefficient (Wildman–Crippen LogP) is 14.7. The highest BCUT2D eigenvalue weighted by Crippen LogP contribution is 2.43. The largest absolute Gasteiger partial charge is 0.307 e. The van der Waals surface area contributed by atoms with Crippen LogP contribution < -0.4 is 0 Å². The van der Waals surface area contributed by atoms with Crippen LogP contribution >= 0.6 is 0 Å². The second kappa shape index (κ2) is 15.0. The monoisotopic (exact) mass is 828 g/mol. The molecular weight excluding hydrogens is 781 g/mol. The minimum absolute atomic E-state index is 0.0229. The van der Waals surface area contributed by atoms with E-state index in [1.54, 1.807) is 0 Å². The smallest absolute Gasteiger partial charge is 0.238 e. The summed E-state index contributed by atoms with van der Waals surface area (Å²) in [5.41, 5.74) is 13.5. The third-order valence-corrected chi connectivity index (χ3v) is 12.5. The topological polar surface area (TPSA) is 61.4 Å². The maximum absolute atomic E-state index is 5.46. The van der Waals surface area contributed by atoms with Gasteiger partial charge in [-0.1, -0.05) is 169 Å². The van der Waals surface area contributed by atoms with E-state index in [1.165, 1.54) is 21.9 Å². The lowest BCUT2D eigenvalue weighted by molar-refractivity contribution is 0.591. The summed E-state index contributed by atoms with van der Waals surface area (Å²) in [7, 11) is 0. The van der Waals surface area contributed by atoms with Gasteiger partial charge in [0.1, 0.15) is 0 Å². The minimum atomic E-state index is -0.0592. The van der Waals surface area contributed by atoms with E-state index in [-0.39, 0.29) is 10.8 Å². The Balaban J connectivity index is 1.23. The van der Waals surface area contributed by atoms with Crippen molar-refractivity contribution in [2.24, 2.45) is 0 Å². The van der Waals surface area contributed by atoms with Crippen molar-refractivity contribution in [2.45, 2.75) is 52.4 Å². The van der Waals surface area contributed by atoms with Crippen molar-refractivity contribution in [1.29, 1.82) is 0 Å². The molecule has 64 heavy (non-hydrogen) atoms. The zero-order chi connectivity index (χ0) is 43.7. The molecule has 310 valence electrons. The van der Waals surface area contributed by atoms with Crippen molar-refractivity contribution in [3.8, 4) is 56.9 Å². The average Bonchev–Trinajstić information content (AvgIpc) is 3.84. The number of nitrogens with zero attached hydrogens (tertiary/aromatic N) is 6. The van der Waals surface area contributed by atoms with E-state index in [0.29, 0.717) is 17.6 Å². The Morgan fingerprint density at radius 1 is 0.344 bits per heavy atom. The SMILES string of the molecule is CC(C)(C)c1ccc2c(c1)c1ccc3c4cc(C(C)(C)C)ccc4n(-c4nc(-c5ccccc5)nc(-c5cccc(-c6cccc(-c7ccccc7)n6)c5)n4)c3c1n2-c1ccccc1. The molecule has 0 saturated carbocycles. The molecule has 11 rings (SSSR count). The molecule has 0 bridgehead atoms. The number of pyridine rings is 1. The van der Waals surface area contributed by atoms with E-state index < -0.39 is 0 Å². The summed E-state index contributed by atoms with van der Waals surface area (Å²) in [5, 5.41) is 4.68. The summed E-state index contributed by atoms with van der Waals surface area (Å²) in [6.45, 7) is 13.7. The van der Waals surface area contributed by atoms with Crippen LogP contribution in [-0.2, 0) is 10.8 Å². The Kier molecular flexibility index (Phi) is 9.17. The molecule has 0 unspecified atom stereocenters. The molecule has 0 aliphatic rings. The molecule has 0 amide bonds. The summed E-state index contributed by atoms with van der Waals surface area (Å²) >= 11 is 0. The molecule has 4 heterocycles. The fourth-order valence-electron chi connectivity index (χ4n) is 9.08. The van der Waals surface area contributed by atoms with Gasteiger partial charge in [0.25, 0.3) is 0 Å². The van der Waals surface area contributed by atoms with Crippen LogP contribution in [0.4, 0.5) is 0 Å². The lowest BCUT2D eigenvalue weighted by atomic mass is 9.86. The van der Waals surface area contributed by atoms with Crippen LogP contribution in [0.25, 0.3) is 101 Å². The van der Waals surface area contributed by atoms with Gasteiger partial charge in [-0.15, -0.1) is 0 Å². The lowest BCUT2D eigenvalue weighted by Gasteiger charge is -2.19. The van der Waals surface area contributed by atoms with Gasteiger partial charge in [0.05, 0.1) is 33.5 Å². The van der Waals surface area contributed by atoms with Gasteiger partial charge in [0.15, 0.2) is 11.6 Å². The molecular formula is C58H48N6. The van der Waals surface area contributed by atoms with E-state index in [1.807, 2.05) is 36.4 Å². The fraction of sp³-hybridized carbons (Fsp3) is 0.138. The summed E-state index contributed by atoms with van der Waals surface area (Å²) < 4.78 is 4.72. The second-order valence-corrected chi connectivity index (χ2v) is 18.8. The van der Waals surface area contributed by atoms with Gasteiger partial charge < -0.3 is 4.57 Å². The predicted molar refractivity (Wildman–Crippen MR) is 265 cm³/mol. The zero-order valence-corrected chi connectivity index (χ0v) is 37.0. The van der Waals surface area contributed by atoms with Crippen molar-refractivity contribution < 1.29 is 0 Å². The Hall–Kier alpha value is -7.70. The van der Waals surface area contributed by atoms with E-state index in [2.05, 4.69) is 196 Å². The van der Waals surface area contributed by atoms with Crippen molar-refractivity contribution in [3.05, 3.63) is 193 Å². The molecule has 4 aromatic heterocycles. The van der Waals surface area contributed by atoms with Crippen LogP contribution in [0.3, 0.4) is 0 Å². The van der Waals surface area contributed by atoms with Gasteiger partial charge in [-0.25, -0.2) is 9.97 Å². The normalized spacial score (nSPS) is 12.2. The van der Waals surface area contributed by atoms with Crippen LogP contribution in [0.15, 0.2) is 182 Å². The Morgan fingerprint density at radius 3 is 1.41 bits per heavy atom. The maximum atomic E-state index is 5.46. The van der Waals surface area contributed by atoms with Gasteiger partial charge in [-0.2, -0.15) is 9.97 Å². The number of hydrogen-bond donors (Lipinski definition) is 0. The van der Waals surface area contributed by atoms with Gasteiger partial charge >= 0.3 is 0 Å². The van der Waals surface area contributed by atoms with Crippen LogP contribution in [0.5, 0.6) is 0 Å². The minimum Gasteiger partial charge on any atom is -0.307 e. The van der Waals surface area contributed by atoms with E-state index in [9.17, 15) is 0 Å². The van der Waals surface area contributed by atoms with Crippen molar-refractivity contribution in [3.63, 3.8) is 0 Å². The quantitative estimate of drug-likeness (QED) is 0.167. The highest BCUT2D eigenvalue weighted by atomic mass is 15.2. The Morgan fingerprint density at radius 2 is 0.812 bits per heavy atom. The zero-order valence-electron chi connectivity index (χ0n) is 37.0. The first-order valence-corrected chi connectivity index (χ1v) is 22.1. The third-order valence-electron chi connectivity index (χ3n) is 12.5. The second-order valence-electron chi connectivity index (χ2n) is 18.8. The molecule has 0 N–H and O–H groups in total. The van der Waals surface area contributed by atoms with E-state index in [0.717, 1.165) is 72.2 Å². The molecule has 6 nitrogen and oxygen atoms in total. The van der Waals surface area contributed by atoms with Gasteiger partial charge in [-0.05, 0) is 76.6 Å². The third kappa shape index (κ3) is 6.74. The molecule has 0 saturated heterocycles. The number of benzene rings is 7. The number of hydrogen-bond acceptors (Lipinski definition) is 4. The van der Waals surface area contributed by atoms with Crippen molar-refractivity contribution in [1.82, 2.24) is 29.1 Å². The highest BCUT2D eigenvalue weighted by molar-refractivity contribution is 6.24. The van der Waals surface area contributed by atoms with Crippen LogP contribution in [0, 0.1) is 0 Å². The molecule has 7 aromatic carbocycles. The lowest BCUT2D eigenvalue weighted by Crippen LogP contribution is -2.11. The summed E-state index contributed by atoms with van der Waals surface area (Å²) in [6.07, 6.45) is 0. The van der Waals surface area contributed by atoms with Crippen molar-refractivity contribution in [2.75, 3.05) is 0 Å². The molecule has 11 aromatic rings. The maximum Gasteiger partial charge on any atom is 0.238 e. The summed E-state index contributed by atoms with van der Waals surface area (Å²) in [5.74, 6) is 1.73. The molecule has 6 heteroatoms. The van der Waals surface area contributed by atoms with E-state index >= 15 is 0 Å². The number of para-hydroxylation sites is 1. The number of aromatic nitrogens is 6. The molecule has 0 spiro atoms. The van der Waals surface area contributed by atoms with Gasteiger partial charge in [0.2, 0.25) is 5.95 Å². The Labute approximate surface area is 373 Å². The first-order chi connectivity index (χ1) is 31.0. The number of rotatable bonds is 6. The van der Waals surface area contributed by atoms with Crippen LogP contribution in [0.1, 0.15) is 52.7 Å². The average molecular weight is 829 g/mol. The molecule has 0 aliphatic carbocycles. The van der Waals surface area contributed by atoms with Crippen LogP contribution in [0.2, 0.25) is 0 Å². The number of fused-ring (bicyclic) bond motifs is 7. The molecule has 0 aliphatic heterocycles. The first-order valence-electron chi connectivity index (χ1n) is 22.1. The highest BCUT2D eigenvalue weighted by Gasteiger charge is 2.26. The fourth-order valence-corrected chi connectivity index (χ4v) is 9.08. The first kappa shape index (κ1) is 39.2. The summed E-state index contributed by atoms with van der Waals surface area (Å²) in [4.78, 5) is 21.2.